The highest BCUT2D eigenvalue weighted by molar-refractivity contribution is 6.35. The highest BCUT2D eigenvalue weighted by Gasteiger charge is 2.37. The van der Waals surface area contributed by atoms with Crippen LogP contribution in [0, 0.1) is 6.92 Å². The zero-order chi connectivity index (χ0) is 26.7. The van der Waals surface area contributed by atoms with E-state index in [9.17, 15) is 0 Å². The summed E-state index contributed by atoms with van der Waals surface area (Å²) in [4.78, 5) is 9.47. The van der Waals surface area contributed by atoms with Gasteiger partial charge in [-0.3, -0.25) is 9.78 Å². The lowest BCUT2D eigenvalue weighted by atomic mass is 9.86. The number of aromatic amines is 1. The van der Waals surface area contributed by atoms with Crippen molar-refractivity contribution < 1.29 is 9.47 Å². The molecule has 0 saturated heterocycles. The SMILES string of the molecule is Cc1[nH]nc2c1[C@H](c1cnn(C)c1)c1c(ncn3nc(-c4ccc(COc5ccc(Cl)cc5Cl)cc4)nc13)O2. The number of halogens is 2. The van der Waals surface area contributed by atoms with E-state index in [1.165, 1.54) is 0 Å². The van der Waals surface area contributed by atoms with Crippen molar-refractivity contribution in [2.45, 2.75) is 19.4 Å². The van der Waals surface area contributed by atoms with Crippen molar-refractivity contribution in [1.29, 1.82) is 0 Å². The Balaban J connectivity index is 1.23. The summed E-state index contributed by atoms with van der Waals surface area (Å²) >= 11 is 12.2. The number of aromatic nitrogens is 8. The summed E-state index contributed by atoms with van der Waals surface area (Å²) in [7, 11) is 1.89. The maximum atomic E-state index is 6.22. The number of fused-ring (bicyclic) bond motifs is 4. The fraction of sp³-hybridized carbons (Fsp3) is 0.148. The largest absolute Gasteiger partial charge is 0.487 e. The second-order valence-corrected chi connectivity index (χ2v) is 10.1. The lowest BCUT2D eigenvalue weighted by molar-refractivity contribution is 0.306. The van der Waals surface area contributed by atoms with Crippen LogP contribution in [0.25, 0.3) is 17.0 Å². The summed E-state index contributed by atoms with van der Waals surface area (Å²) in [6.07, 6.45) is 5.43. The van der Waals surface area contributed by atoms with Gasteiger partial charge in [0.25, 0.3) is 0 Å². The first-order chi connectivity index (χ1) is 18.9. The van der Waals surface area contributed by atoms with Crippen LogP contribution in [-0.2, 0) is 13.7 Å². The predicted octanol–water partition coefficient (Wildman–Crippen LogP) is 5.73. The lowest BCUT2D eigenvalue weighted by Gasteiger charge is -2.24. The first kappa shape index (κ1) is 23.7. The smallest absolute Gasteiger partial charge is 0.244 e. The van der Waals surface area contributed by atoms with Gasteiger partial charge in [0.15, 0.2) is 11.5 Å². The van der Waals surface area contributed by atoms with Gasteiger partial charge in [-0.05, 0) is 30.7 Å². The molecule has 4 aromatic heterocycles. The number of hydrogen-bond acceptors (Lipinski definition) is 7. The zero-order valence-electron chi connectivity index (χ0n) is 20.8. The fourth-order valence-electron chi connectivity index (χ4n) is 4.81. The molecule has 194 valence electrons. The minimum Gasteiger partial charge on any atom is -0.487 e. The van der Waals surface area contributed by atoms with Crippen molar-refractivity contribution in [1.82, 2.24) is 39.6 Å². The summed E-state index contributed by atoms with van der Waals surface area (Å²) in [5.41, 5.74) is 6.11. The molecule has 1 N–H and O–H groups in total. The third kappa shape index (κ3) is 4.08. The van der Waals surface area contributed by atoms with Crippen LogP contribution in [0.15, 0.2) is 61.2 Å². The summed E-state index contributed by atoms with van der Waals surface area (Å²) in [6, 6.07) is 13.0. The molecule has 1 aliphatic rings. The van der Waals surface area contributed by atoms with Crippen molar-refractivity contribution in [3.8, 4) is 28.9 Å². The Morgan fingerprint density at radius 2 is 1.92 bits per heavy atom. The molecule has 0 radical (unpaired) electrons. The first-order valence-electron chi connectivity index (χ1n) is 12.1. The molecule has 5 heterocycles. The van der Waals surface area contributed by atoms with Crippen LogP contribution in [0.2, 0.25) is 10.0 Å². The Bertz CT molecular complexity index is 1860. The van der Waals surface area contributed by atoms with Crippen molar-refractivity contribution in [3.63, 3.8) is 0 Å². The maximum absolute atomic E-state index is 6.22. The third-order valence-electron chi connectivity index (χ3n) is 6.68. The van der Waals surface area contributed by atoms with E-state index in [0.29, 0.717) is 45.6 Å². The maximum Gasteiger partial charge on any atom is 0.244 e. The third-order valence-corrected chi connectivity index (χ3v) is 7.21. The van der Waals surface area contributed by atoms with E-state index in [0.717, 1.165) is 33.5 Å². The van der Waals surface area contributed by atoms with E-state index in [2.05, 4.69) is 20.3 Å². The van der Waals surface area contributed by atoms with Crippen molar-refractivity contribution in [2.75, 3.05) is 0 Å². The van der Waals surface area contributed by atoms with Gasteiger partial charge in [-0.15, -0.1) is 10.2 Å². The molecule has 0 unspecified atom stereocenters. The number of H-pyrrole nitrogens is 1. The van der Waals surface area contributed by atoms with Crippen LogP contribution in [0.1, 0.15) is 33.9 Å². The number of benzene rings is 2. The summed E-state index contributed by atoms with van der Waals surface area (Å²) in [5.74, 6) is 1.87. The average Bonchev–Trinajstić information content (AvgIpc) is 3.66. The molecule has 0 saturated carbocycles. The summed E-state index contributed by atoms with van der Waals surface area (Å²) in [5, 5.41) is 17.5. The quantitative estimate of drug-likeness (QED) is 0.287. The molecule has 6 aromatic rings. The van der Waals surface area contributed by atoms with Gasteiger partial charge < -0.3 is 9.47 Å². The van der Waals surface area contributed by atoms with E-state index in [4.69, 9.17) is 42.8 Å². The molecule has 2 aromatic carbocycles. The Morgan fingerprint density at radius 3 is 2.69 bits per heavy atom. The van der Waals surface area contributed by atoms with E-state index in [-0.39, 0.29) is 5.92 Å². The van der Waals surface area contributed by atoms with Gasteiger partial charge in [-0.25, -0.2) is 14.5 Å². The molecule has 39 heavy (non-hydrogen) atoms. The molecular formula is C27H20Cl2N8O2. The van der Waals surface area contributed by atoms with Crippen LogP contribution in [-0.4, -0.2) is 39.6 Å². The molecule has 0 fully saturated rings. The Morgan fingerprint density at radius 1 is 1.08 bits per heavy atom. The number of nitrogens with zero attached hydrogens (tertiary/aromatic N) is 7. The van der Waals surface area contributed by atoms with Gasteiger partial charge in [0.1, 0.15) is 18.7 Å². The second-order valence-electron chi connectivity index (χ2n) is 9.28. The number of nitrogens with one attached hydrogen (secondary N) is 1. The number of ether oxygens (including phenoxy) is 2. The normalized spacial score (nSPS) is 14.2. The fourth-order valence-corrected chi connectivity index (χ4v) is 5.27. The number of hydrogen-bond donors (Lipinski definition) is 1. The van der Waals surface area contributed by atoms with Crippen LogP contribution in [0.5, 0.6) is 17.5 Å². The van der Waals surface area contributed by atoms with Crippen LogP contribution in [0.3, 0.4) is 0 Å². The van der Waals surface area contributed by atoms with Crippen LogP contribution in [0.4, 0.5) is 0 Å². The molecule has 0 aliphatic carbocycles. The summed E-state index contributed by atoms with van der Waals surface area (Å²) < 4.78 is 15.4. The highest BCUT2D eigenvalue weighted by atomic mass is 35.5. The lowest BCUT2D eigenvalue weighted by Crippen LogP contribution is -2.14. The standard InChI is InChI=1S/C27H20Cl2N8O2/c1-14-21-22(17-10-31-36(2)11-17)23-25-32-24(35-37(25)13-30-26(23)39-27(21)34-33-14)16-5-3-15(4-6-16)12-38-20-8-7-18(28)9-19(20)29/h3-11,13,22H,12H2,1-2H3,(H,33,34)/t22-/m0/s1. The Labute approximate surface area is 232 Å². The van der Waals surface area contributed by atoms with E-state index in [1.807, 2.05) is 50.6 Å². The topological polar surface area (TPSA) is 108 Å². The average molecular weight is 559 g/mol. The Kier molecular flexibility index (Phi) is 5.53. The van der Waals surface area contributed by atoms with Crippen molar-refractivity contribution in [3.05, 3.63) is 99.2 Å². The van der Waals surface area contributed by atoms with E-state index < -0.39 is 0 Å². The molecule has 0 spiro atoms. The highest BCUT2D eigenvalue weighted by Crippen LogP contribution is 2.48. The molecular weight excluding hydrogens is 539 g/mol. The van der Waals surface area contributed by atoms with Gasteiger partial charge in [0.05, 0.1) is 22.7 Å². The van der Waals surface area contributed by atoms with E-state index >= 15 is 0 Å². The van der Waals surface area contributed by atoms with Gasteiger partial charge in [0, 0.05) is 40.7 Å². The van der Waals surface area contributed by atoms with E-state index in [1.54, 1.807) is 33.7 Å². The van der Waals surface area contributed by atoms with Crippen LogP contribution >= 0.6 is 23.2 Å². The van der Waals surface area contributed by atoms with Crippen molar-refractivity contribution >= 4 is 28.8 Å². The molecule has 0 amide bonds. The second kappa shape index (κ2) is 9.11. The zero-order valence-corrected chi connectivity index (χ0v) is 22.3. The Hall–Kier alpha value is -4.41. The molecule has 1 atom stereocenters. The molecule has 7 rings (SSSR count). The van der Waals surface area contributed by atoms with Gasteiger partial charge in [0.2, 0.25) is 11.8 Å². The molecule has 12 heteroatoms. The minimum atomic E-state index is -0.219. The minimum absolute atomic E-state index is 0.219. The first-order valence-corrected chi connectivity index (χ1v) is 12.8. The number of rotatable bonds is 5. The number of aryl methyl sites for hydroxylation is 2. The predicted molar refractivity (Wildman–Crippen MR) is 145 cm³/mol. The van der Waals surface area contributed by atoms with Crippen molar-refractivity contribution in [2.24, 2.45) is 7.05 Å². The van der Waals surface area contributed by atoms with Crippen LogP contribution < -0.4 is 9.47 Å². The summed E-state index contributed by atoms with van der Waals surface area (Å²) in [6.45, 7) is 2.33. The molecule has 10 nitrogen and oxygen atoms in total. The molecule has 0 bridgehead atoms. The molecule has 1 aliphatic heterocycles. The van der Waals surface area contributed by atoms with Gasteiger partial charge in [-0.2, -0.15) is 5.10 Å². The monoisotopic (exact) mass is 558 g/mol. The van der Waals surface area contributed by atoms with Gasteiger partial charge in [-0.1, -0.05) is 47.5 Å². The van der Waals surface area contributed by atoms with Gasteiger partial charge >= 0.3 is 0 Å².